The summed E-state index contributed by atoms with van der Waals surface area (Å²) in [4.78, 5) is 26.4. The number of ether oxygens (including phenoxy) is 2. The van der Waals surface area contributed by atoms with Crippen molar-refractivity contribution in [2.45, 2.75) is 68.2 Å². The summed E-state index contributed by atoms with van der Waals surface area (Å²) < 4.78 is 11.2. The van der Waals surface area contributed by atoms with E-state index in [0.29, 0.717) is 25.0 Å². The molecule has 0 saturated heterocycles. The lowest BCUT2D eigenvalue weighted by molar-refractivity contribution is -0.185. The highest BCUT2D eigenvalue weighted by Crippen LogP contribution is 2.65. The number of carbonyl (C=O) groups is 2. The van der Waals surface area contributed by atoms with Crippen LogP contribution in [0.5, 0.6) is 0 Å². The Morgan fingerprint density at radius 3 is 1.77 bits per heavy atom. The van der Waals surface area contributed by atoms with E-state index in [1.165, 1.54) is 0 Å². The molecule has 2 saturated carbocycles. The smallest absolute Gasteiger partial charge is 0.324 e. The Morgan fingerprint density at radius 2 is 1.42 bits per heavy atom. The summed E-state index contributed by atoms with van der Waals surface area (Å²) in [6, 6.07) is 0. The van der Waals surface area contributed by atoms with Gasteiger partial charge in [0.25, 0.3) is 0 Å². The number of rotatable bonds is 6. The normalized spacial score (nSPS) is 30.1. The first-order chi connectivity index (χ1) is 11.9. The Balaban J connectivity index is 2.31. The van der Waals surface area contributed by atoms with E-state index in [4.69, 9.17) is 9.47 Å². The van der Waals surface area contributed by atoms with Gasteiger partial charge in [-0.05, 0) is 53.8 Å². The first-order valence-corrected chi connectivity index (χ1v) is 10.3. The lowest BCUT2D eigenvalue weighted by atomic mass is 9.59. The summed E-state index contributed by atoms with van der Waals surface area (Å²) in [5, 5.41) is 0. The molecule has 2 bridgehead atoms. The van der Waals surface area contributed by atoms with Crippen LogP contribution in [0.25, 0.3) is 0 Å². The van der Waals surface area contributed by atoms with Crippen LogP contribution >= 0.6 is 0 Å². The topological polar surface area (TPSA) is 52.6 Å². The molecule has 0 amide bonds. The van der Waals surface area contributed by atoms with Crippen LogP contribution in [0.1, 0.15) is 68.2 Å². The molecule has 4 heteroatoms. The Kier molecular flexibility index (Phi) is 6.14. The predicted molar refractivity (Wildman–Crippen MR) is 102 cm³/mol. The van der Waals surface area contributed by atoms with Gasteiger partial charge < -0.3 is 9.47 Å². The van der Waals surface area contributed by atoms with Gasteiger partial charge in [-0.2, -0.15) is 0 Å². The zero-order valence-electron chi connectivity index (χ0n) is 17.9. The highest BCUT2D eigenvalue weighted by molar-refractivity contribution is 6.01. The van der Waals surface area contributed by atoms with Crippen LogP contribution in [0, 0.1) is 46.3 Å². The van der Waals surface area contributed by atoms with Crippen LogP contribution in [-0.4, -0.2) is 25.2 Å². The summed E-state index contributed by atoms with van der Waals surface area (Å²) in [6.45, 7) is 17.6. The van der Waals surface area contributed by atoms with Crippen molar-refractivity contribution in [3.63, 3.8) is 0 Å². The van der Waals surface area contributed by atoms with Crippen molar-refractivity contribution in [2.24, 2.45) is 46.3 Å². The zero-order valence-corrected chi connectivity index (χ0v) is 17.9. The quantitative estimate of drug-likeness (QED) is 0.505. The van der Waals surface area contributed by atoms with Gasteiger partial charge in [-0.3, -0.25) is 9.59 Å². The van der Waals surface area contributed by atoms with Crippen molar-refractivity contribution in [3.05, 3.63) is 0 Å². The predicted octanol–water partition coefficient (Wildman–Crippen LogP) is 4.71. The van der Waals surface area contributed by atoms with Gasteiger partial charge in [0.1, 0.15) is 0 Å². The summed E-state index contributed by atoms with van der Waals surface area (Å²) >= 11 is 0. The minimum atomic E-state index is -1.11. The molecule has 4 nitrogen and oxygen atoms in total. The molecule has 0 N–H and O–H groups in total. The highest BCUT2D eigenvalue weighted by atomic mass is 16.6. The molecule has 0 aromatic rings. The van der Waals surface area contributed by atoms with Gasteiger partial charge >= 0.3 is 11.9 Å². The molecular weight excluding hydrogens is 328 g/mol. The fraction of sp³-hybridized carbons (Fsp3) is 0.909. The molecule has 26 heavy (non-hydrogen) atoms. The van der Waals surface area contributed by atoms with Gasteiger partial charge in [-0.1, -0.05) is 55.4 Å². The lowest BCUT2D eigenvalue weighted by Crippen LogP contribution is -2.53. The second-order valence-electron chi connectivity index (χ2n) is 10.4. The molecule has 0 radical (unpaired) electrons. The number of esters is 2. The second kappa shape index (κ2) is 7.52. The second-order valence-corrected chi connectivity index (χ2v) is 10.4. The Labute approximate surface area is 159 Å². The highest BCUT2D eigenvalue weighted by Gasteiger charge is 2.70. The maximum absolute atomic E-state index is 13.2. The van der Waals surface area contributed by atoms with Crippen molar-refractivity contribution < 1.29 is 19.1 Å². The van der Waals surface area contributed by atoms with E-state index in [0.717, 1.165) is 12.8 Å². The number of hydrogen-bond donors (Lipinski definition) is 0. The zero-order chi connectivity index (χ0) is 19.9. The molecule has 150 valence electrons. The van der Waals surface area contributed by atoms with Crippen LogP contribution in [0.3, 0.4) is 0 Å². The van der Waals surface area contributed by atoms with Gasteiger partial charge in [0.15, 0.2) is 5.41 Å². The van der Waals surface area contributed by atoms with Crippen LogP contribution < -0.4 is 0 Å². The van der Waals surface area contributed by atoms with E-state index in [2.05, 4.69) is 27.7 Å². The molecule has 2 aliphatic carbocycles. The number of hydrogen-bond acceptors (Lipinski definition) is 4. The molecule has 0 aliphatic heterocycles. The van der Waals surface area contributed by atoms with Crippen LogP contribution in [0.4, 0.5) is 0 Å². The van der Waals surface area contributed by atoms with E-state index in [-0.39, 0.29) is 41.0 Å². The Morgan fingerprint density at radius 1 is 0.962 bits per heavy atom. The largest absolute Gasteiger partial charge is 0.465 e. The minimum absolute atomic E-state index is 0.0334. The molecule has 0 spiro atoms. The third-order valence-electron chi connectivity index (χ3n) is 6.50. The molecular formula is C22H38O4. The fourth-order valence-corrected chi connectivity index (χ4v) is 5.21. The van der Waals surface area contributed by atoms with Crippen LogP contribution in [-0.2, 0) is 19.1 Å². The van der Waals surface area contributed by atoms with Gasteiger partial charge in [-0.15, -0.1) is 0 Å². The maximum atomic E-state index is 13.2. The van der Waals surface area contributed by atoms with E-state index in [1.54, 1.807) is 0 Å². The molecule has 2 fully saturated rings. The molecule has 2 aliphatic rings. The fourth-order valence-electron chi connectivity index (χ4n) is 5.21. The average molecular weight is 367 g/mol. The maximum Gasteiger partial charge on any atom is 0.324 e. The van der Waals surface area contributed by atoms with Crippen molar-refractivity contribution >= 4 is 11.9 Å². The van der Waals surface area contributed by atoms with Crippen LogP contribution in [0.2, 0.25) is 0 Å². The van der Waals surface area contributed by atoms with E-state index < -0.39 is 5.41 Å². The van der Waals surface area contributed by atoms with Crippen molar-refractivity contribution in [1.82, 2.24) is 0 Å². The van der Waals surface area contributed by atoms with Gasteiger partial charge in [-0.25, -0.2) is 0 Å². The molecule has 0 heterocycles. The number of carbonyl (C=O) groups excluding carboxylic acids is 2. The summed E-state index contributed by atoms with van der Waals surface area (Å²) in [6.07, 6.45) is 1.84. The van der Waals surface area contributed by atoms with Crippen molar-refractivity contribution in [3.8, 4) is 0 Å². The van der Waals surface area contributed by atoms with Gasteiger partial charge in [0, 0.05) is 0 Å². The molecule has 4 atom stereocenters. The lowest BCUT2D eigenvalue weighted by Gasteiger charge is -2.44. The van der Waals surface area contributed by atoms with Crippen LogP contribution in [0.15, 0.2) is 0 Å². The minimum Gasteiger partial charge on any atom is -0.465 e. The monoisotopic (exact) mass is 366 g/mol. The SMILES string of the molecule is CC(C)COC(=O)C1(C(=O)OCC(C)C)C2CC(C(C(C)(C)C)C2)C1C. The Bertz CT molecular complexity index is 501. The van der Waals surface area contributed by atoms with Crippen molar-refractivity contribution in [1.29, 1.82) is 0 Å². The van der Waals surface area contributed by atoms with Crippen molar-refractivity contribution in [2.75, 3.05) is 13.2 Å². The summed E-state index contributed by atoms with van der Waals surface area (Å²) in [5.41, 5.74) is -0.931. The van der Waals surface area contributed by atoms with Gasteiger partial charge in [0.05, 0.1) is 13.2 Å². The third-order valence-corrected chi connectivity index (χ3v) is 6.50. The average Bonchev–Trinajstić information content (AvgIpc) is 3.07. The van der Waals surface area contributed by atoms with E-state index in [9.17, 15) is 9.59 Å². The van der Waals surface area contributed by atoms with E-state index in [1.807, 2.05) is 27.7 Å². The standard InChI is InChI=1S/C22H38O4/c1-13(2)11-25-19(23)22(20(24)26-12-14(3)4)15(5)17-9-16(22)10-18(17)21(6,7)8/h13-18H,9-12H2,1-8H3. The number of fused-ring (bicyclic) bond motifs is 2. The first kappa shape index (κ1) is 21.2. The molecule has 0 aromatic carbocycles. The molecule has 4 unspecified atom stereocenters. The summed E-state index contributed by atoms with van der Waals surface area (Å²) in [5.74, 6) is 0.693. The summed E-state index contributed by atoms with van der Waals surface area (Å²) in [7, 11) is 0. The first-order valence-electron chi connectivity index (χ1n) is 10.3. The van der Waals surface area contributed by atoms with Gasteiger partial charge in [0.2, 0.25) is 0 Å². The third kappa shape index (κ3) is 3.66. The van der Waals surface area contributed by atoms with E-state index >= 15 is 0 Å². The Hall–Kier alpha value is -1.06. The molecule has 0 aromatic heterocycles. The molecule has 2 rings (SSSR count).